The Bertz CT molecular complexity index is 1140. The summed E-state index contributed by atoms with van der Waals surface area (Å²) in [4.78, 5) is 11.0. The zero-order valence-electron chi connectivity index (χ0n) is 16.4. The van der Waals surface area contributed by atoms with Crippen LogP contribution < -0.4 is 5.32 Å². The molecule has 7 nitrogen and oxygen atoms in total. The van der Waals surface area contributed by atoms with Crippen LogP contribution in [0.25, 0.3) is 10.2 Å². The maximum Gasteiger partial charge on any atom is 0.252 e. The van der Waals surface area contributed by atoms with E-state index in [2.05, 4.69) is 55.3 Å². The molecule has 0 bridgehead atoms. The molecule has 0 amide bonds. The Morgan fingerprint density at radius 2 is 2.03 bits per heavy atom. The molecule has 3 aromatic heterocycles. The summed E-state index contributed by atoms with van der Waals surface area (Å²) in [7, 11) is -3.51. The average molecular weight is 551 g/mol. The topological polar surface area (TPSA) is 78.4 Å². The fourth-order valence-electron chi connectivity index (χ4n) is 3.47. The quantitative estimate of drug-likeness (QED) is 0.493. The van der Waals surface area contributed by atoms with E-state index in [1.54, 1.807) is 28.0 Å². The van der Waals surface area contributed by atoms with Crippen LogP contribution in [0, 0.1) is 6.92 Å². The van der Waals surface area contributed by atoms with Gasteiger partial charge in [0.25, 0.3) is 10.0 Å². The van der Waals surface area contributed by atoms with Crippen molar-refractivity contribution >= 4 is 76.3 Å². The Hall–Kier alpha value is -0.820. The third-order valence-corrected chi connectivity index (χ3v) is 10.9. The normalized spacial score (nSPS) is 17.5. The van der Waals surface area contributed by atoms with E-state index in [1.165, 1.54) is 0 Å². The molecule has 1 atom stereocenters. The van der Waals surface area contributed by atoms with Gasteiger partial charge in [-0.2, -0.15) is 4.31 Å². The van der Waals surface area contributed by atoms with Crippen LogP contribution in [0.1, 0.15) is 12.5 Å². The van der Waals surface area contributed by atoms with E-state index in [-0.39, 0.29) is 10.3 Å². The molecule has 1 saturated heterocycles. The van der Waals surface area contributed by atoms with E-state index in [9.17, 15) is 8.42 Å². The van der Waals surface area contributed by atoms with Gasteiger partial charge in [-0.15, -0.1) is 22.7 Å². The van der Waals surface area contributed by atoms with Crippen molar-refractivity contribution in [2.75, 3.05) is 38.0 Å². The van der Waals surface area contributed by atoms with Gasteiger partial charge in [-0.05, 0) is 46.8 Å². The highest BCUT2D eigenvalue weighted by atomic mass is 79.9. The fraction of sp³-hybridized carbons (Fsp3) is 0.444. The van der Waals surface area contributed by atoms with Crippen LogP contribution in [0.2, 0.25) is 4.34 Å². The number of anilines is 1. The summed E-state index contributed by atoms with van der Waals surface area (Å²) in [5.41, 5.74) is 2.15. The first-order chi connectivity index (χ1) is 14.3. The lowest BCUT2D eigenvalue weighted by Crippen LogP contribution is -2.50. The number of fused-ring (bicyclic) bond motifs is 1. The Morgan fingerprint density at radius 1 is 1.30 bits per heavy atom. The summed E-state index contributed by atoms with van der Waals surface area (Å²) >= 11 is 12.0. The Labute approximate surface area is 197 Å². The standard InChI is InChI=1S/C18H21BrClN5O2S3/c1-11-9-28-16-15(11)21-10-22-18(16)23-12(2)8-24-3-5-25(6-4-24)30(26,27)14-7-13(19)17(20)29-14/h7,9-10,12H,3-6,8H2,1-2H3,(H,21,22,23)/t12-/m0/s1. The van der Waals surface area contributed by atoms with Gasteiger partial charge < -0.3 is 5.32 Å². The van der Waals surface area contributed by atoms with Crippen molar-refractivity contribution in [1.82, 2.24) is 19.2 Å². The molecule has 162 valence electrons. The second-order valence-electron chi connectivity index (χ2n) is 7.26. The fourth-order valence-corrected chi connectivity index (χ4v) is 8.31. The molecular formula is C18H21BrClN5O2S3. The predicted octanol–water partition coefficient (Wildman–Crippen LogP) is 4.28. The number of hydrogen-bond donors (Lipinski definition) is 1. The van der Waals surface area contributed by atoms with E-state index >= 15 is 0 Å². The largest absolute Gasteiger partial charge is 0.365 e. The highest BCUT2D eigenvalue weighted by Crippen LogP contribution is 2.36. The number of nitrogens with one attached hydrogen (secondary N) is 1. The molecule has 1 N–H and O–H groups in total. The number of hydrogen-bond acceptors (Lipinski definition) is 8. The molecular weight excluding hydrogens is 530 g/mol. The first kappa shape index (κ1) is 22.4. The Balaban J connectivity index is 1.35. The predicted molar refractivity (Wildman–Crippen MR) is 127 cm³/mol. The molecule has 1 aliphatic rings. The molecule has 0 radical (unpaired) electrons. The van der Waals surface area contributed by atoms with Crippen LogP contribution in [0.3, 0.4) is 0 Å². The first-order valence-electron chi connectivity index (χ1n) is 9.38. The average Bonchev–Trinajstić information content (AvgIpc) is 3.26. The number of aryl methyl sites for hydroxylation is 1. The SMILES string of the molecule is Cc1csc2c(N[C@@H](C)CN3CCN(S(=O)(=O)c4cc(Br)c(Cl)s4)CC3)ncnc12. The van der Waals surface area contributed by atoms with Crippen LogP contribution in [0.4, 0.5) is 5.82 Å². The molecule has 4 heterocycles. The number of rotatable bonds is 6. The van der Waals surface area contributed by atoms with Crippen molar-refractivity contribution in [3.8, 4) is 0 Å². The van der Waals surface area contributed by atoms with E-state index in [0.29, 0.717) is 35.0 Å². The van der Waals surface area contributed by atoms with Crippen molar-refractivity contribution in [3.63, 3.8) is 0 Å². The summed E-state index contributed by atoms with van der Waals surface area (Å²) in [5.74, 6) is 0.854. The molecule has 4 rings (SSSR count). The summed E-state index contributed by atoms with van der Waals surface area (Å²) in [6, 6.07) is 1.75. The number of aromatic nitrogens is 2. The van der Waals surface area contributed by atoms with Crippen LogP contribution in [0.5, 0.6) is 0 Å². The molecule has 0 saturated carbocycles. The minimum atomic E-state index is -3.51. The molecule has 0 aliphatic carbocycles. The van der Waals surface area contributed by atoms with Crippen molar-refractivity contribution in [3.05, 3.63) is 32.1 Å². The van der Waals surface area contributed by atoms with Gasteiger partial charge in [-0.1, -0.05) is 11.6 Å². The molecule has 1 fully saturated rings. The monoisotopic (exact) mass is 549 g/mol. The van der Waals surface area contributed by atoms with Gasteiger partial charge in [0.1, 0.15) is 20.7 Å². The van der Waals surface area contributed by atoms with Crippen molar-refractivity contribution in [1.29, 1.82) is 0 Å². The van der Waals surface area contributed by atoms with Crippen LogP contribution in [0.15, 0.2) is 26.5 Å². The van der Waals surface area contributed by atoms with E-state index in [4.69, 9.17) is 11.6 Å². The highest BCUT2D eigenvalue weighted by molar-refractivity contribution is 9.10. The van der Waals surface area contributed by atoms with E-state index in [0.717, 1.165) is 39.5 Å². The highest BCUT2D eigenvalue weighted by Gasteiger charge is 2.30. The van der Waals surface area contributed by atoms with Crippen molar-refractivity contribution < 1.29 is 8.42 Å². The molecule has 1 aliphatic heterocycles. The minimum absolute atomic E-state index is 0.167. The summed E-state index contributed by atoms with van der Waals surface area (Å²) < 4.78 is 29.7. The van der Waals surface area contributed by atoms with Crippen LogP contribution in [-0.4, -0.2) is 66.4 Å². The number of piperazine rings is 1. The van der Waals surface area contributed by atoms with E-state index < -0.39 is 10.0 Å². The summed E-state index contributed by atoms with van der Waals surface area (Å²) in [5, 5.41) is 5.58. The second-order valence-corrected chi connectivity index (χ2v) is 12.8. The van der Waals surface area contributed by atoms with Gasteiger partial charge in [0.05, 0.1) is 10.2 Å². The molecule has 12 heteroatoms. The van der Waals surface area contributed by atoms with Crippen molar-refractivity contribution in [2.24, 2.45) is 0 Å². The van der Waals surface area contributed by atoms with Gasteiger partial charge in [0.2, 0.25) is 0 Å². The van der Waals surface area contributed by atoms with Gasteiger partial charge in [-0.3, -0.25) is 4.90 Å². The maximum absolute atomic E-state index is 12.9. The lowest BCUT2D eigenvalue weighted by atomic mass is 10.2. The molecule has 0 spiro atoms. The lowest BCUT2D eigenvalue weighted by molar-refractivity contribution is 0.184. The number of sulfonamides is 1. The summed E-state index contributed by atoms with van der Waals surface area (Å²) in [6.07, 6.45) is 1.59. The summed E-state index contributed by atoms with van der Waals surface area (Å²) in [6.45, 7) is 7.26. The molecule has 0 aromatic carbocycles. The van der Waals surface area contributed by atoms with Gasteiger partial charge in [0, 0.05) is 43.2 Å². The molecule has 3 aromatic rings. The number of halogens is 2. The zero-order chi connectivity index (χ0) is 21.5. The van der Waals surface area contributed by atoms with E-state index in [1.807, 2.05) is 0 Å². The Kier molecular flexibility index (Phi) is 6.69. The Morgan fingerprint density at radius 3 is 2.70 bits per heavy atom. The molecule has 0 unspecified atom stereocenters. The van der Waals surface area contributed by atoms with Crippen molar-refractivity contribution in [2.45, 2.75) is 24.1 Å². The smallest absolute Gasteiger partial charge is 0.252 e. The second kappa shape index (κ2) is 8.97. The number of thiophene rings is 2. The first-order valence-corrected chi connectivity index (χ1v) is 13.7. The van der Waals surface area contributed by atoms with Crippen LogP contribution >= 0.6 is 50.2 Å². The van der Waals surface area contributed by atoms with Gasteiger partial charge in [0.15, 0.2) is 0 Å². The third-order valence-electron chi connectivity index (χ3n) is 4.99. The number of nitrogens with zero attached hydrogens (tertiary/aromatic N) is 4. The zero-order valence-corrected chi connectivity index (χ0v) is 21.2. The third kappa shape index (κ3) is 4.52. The van der Waals surface area contributed by atoms with Gasteiger partial charge in [-0.25, -0.2) is 18.4 Å². The lowest BCUT2D eigenvalue weighted by Gasteiger charge is -2.35. The minimum Gasteiger partial charge on any atom is -0.365 e. The van der Waals surface area contributed by atoms with Gasteiger partial charge >= 0.3 is 0 Å². The maximum atomic E-state index is 12.9. The van der Waals surface area contributed by atoms with Crippen LogP contribution in [-0.2, 0) is 10.0 Å². The molecule has 30 heavy (non-hydrogen) atoms.